The van der Waals surface area contributed by atoms with Crippen LogP contribution in [0.4, 0.5) is 4.79 Å². The molecular formula is C43H57ClN4O10S2. The molecule has 0 bridgehead atoms. The summed E-state index contributed by atoms with van der Waals surface area (Å²) >= 11 is 0. The Morgan fingerprint density at radius 3 is 1.32 bits per heavy atom. The molecule has 17 heteroatoms. The Balaban J connectivity index is 0.000000267. The van der Waals surface area contributed by atoms with Crippen molar-refractivity contribution in [2.75, 3.05) is 66.6 Å². The average Bonchev–Trinajstić information content (AvgIpc) is 3.17. The van der Waals surface area contributed by atoms with Gasteiger partial charge in [0.2, 0.25) is 20.0 Å². The van der Waals surface area contributed by atoms with E-state index in [9.17, 15) is 21.6 Å². The van der Waals surface area contributed by atoms with Crippen LogP contribution < -0.4 is 24.3 Å². The first-order chi connectivity index (χ1) is 27.8. The van der Waals surface area contributed by atoms with Crippen LogP contribution in [0.5, 0.6) is 34.5 Å². The third-order valence-electron chi connectivity index (χ3n) is 9.35. The number of rotatable bonds is 10. The number of ether oxygens (including phenoxy) is 5. The van der Waals surface area contributed by atoms with Crippen LogP contribution in [0.25, 0.3) is 0 Å². The normalized spacial score (nSPS) is 15.2. The standard InChI is InChI=1S/C24H32N2O6S.C19H24N2O4S.ClH/c1-17-13-18(2)15-20(14-17)31-21-8-7-19(30-6)16-22(21)33(28,29)26-11-9-25(10-12-26)23(27)32-24(3,4)5;1-14-10-15(2)12-17(11-14)25-18-5-4-16(24-3)13-19(18)26(22,23)21-8-6-20-7-9-21;/h7-8,13-16H,9-12H2,1-6H3;4-5,10-13,20H,6-9H2,1-3H3;1H. The van der Waals surface area contributed by atoms with Crippen LogP contribution in [0.2, 0.25) is 0 Å². The minimum atomic E-state index is -3.90. The van der Waals surface area contributed by atoms with Crippen molar-refractivity contribution in [3.05, 3.63) is 95.1 Å². The molecule has 0 radical (unpaired) electrons. The van der Waals surface area contributed by atoms with Crippen molar-refractivity contribution in [2.45, 2.75) is 63.9 Å². The van der Waals surface area contributed by atoms with Crippen LogP contribution in [-0.4, -0.2) is 109 Å². The summed E-state index contributed by atoms with van der Waals surface area (Å²) in [5.74, 6) is 2.58. The highest BCUT2D eigenvalue weighted by molar-refractivity contribution is 7.89. The second-order valence-electron chi connectivity index (χ2n) is 15.5. The second-order valence-corrected chi connectivity index (χ2v) is 19.3. The number of hydrogen-bond donors (Lipinski definition) is 1. The van der Waals surface area contributed by atoms with E-state index in [1.54, 1.807) is 45.0 Å². The zero-order valence-electron chi connectivity index (χ0n) is 35.7. The highest BCUT2D eigenvalue weighted by Crippen LogP contribution is 2.36. The maximum atomic E-state index is 13.6. The van der Waals surface area contributed by atoms with Crippen molar-refractivity contribution in [1.29, 1.82) is 0 Å². The predicted molar refractivity (Wildman–Crippen MR) is 233 cm³/mol. The maximum Gasteiger partial charge on any atom is 0.410 e. The summed E-state index contributed by atoms with van der Waals surface area (Å²) in [4.78, 5) is 14.0. The predicted octanol–water partition coefficient (Wildman–Crippen LogP) is 7.47. The molecule has 6 rings (SSSR count). The summed E-state index contributed by atoms with van der Waals surface area (Å²) in [6.07, 6.45) is -0.445. The zero-order chi connectivity index (χ0) is 43.1. The Bertz CT molecular complexity index is 2300. The van der Waals surface area contributed by atoms with Gasteiger partial charge in [0.15, 0.2) is 0 Å². The number of aryl methyl sites for hydroxylation is 4. The third-order valence-corrected chi connectivity index (χ3v) is 13.2. The molecule has 14 nitrogen and oxygen atoms in total. The fourth-order valence-corrected chi connectivity index (χ4v) is 9.76. The van der Waals surface area contributed by atoms with Crippen LogP contribution in [0, 0.1) is 27.7 Å². The first-order valence-electron chi connectivity index (χ1n) is 19.4. The molecule has 0 aliphatic carbocycles. The Labute approximate surface area is 361 Å². The van der Waals surface area contributed by atoms with Gasteiger partial charge in [0.05, 0.1) is 14.2 Å². The number of hydrogen-bond acceptors (Lipinski definition) is 11. The van der Waals surface area contributed by atoms with E-state index in [4.69, 9.17) is 23.7 Å². The molecule has 0 saturated carbocycles. The van der Waals surface area contributed by atoms with Gasteiger partial charge < -0.3 is 33.9 Å². The van der Waals surface area contributed by atoms with Crippen molar-refractivity contribution in [3.8, 4) is 34.5 Å². The molecule has 0 unspecified atom stereocenters. The quantitative estimate of drug-likeness (QED) is 0.169. The minimum absolute atomic E-state index is 0. The number of piperazine rings is 2. The first-order valence-corrected chi connectivity index (χ1v) is 22.2. The first kappa shape index (κ1) is 48.1. The molecule has 0 spiro atoms. The molecule has 2 fully saturated rings. The van der Waals surface area contributed by atoms with Gasteiger partial charge in [-0.25, -0.2) is 21.6 Å². The van der Waals surface area contributed by atoms with Gasteiger partial charge in [-0.3, -0.25) is 0 Å². The van der Waals surface area contributed by atoms with Gasteiger partial charge in [-0.05, 0) is 119 Å². The molecule has 2 aliphatic heterocycles. The van der Waals surface area contributed by atoms with Crippen LogP contribution in [0.3, 0.4) is 0 Å². The summed E-state index contributed by atoms with van der Waals surface area (Å²) in [6.45, 7) is 16.2. The Morgan fingerprint density at radius 1 is 0.567 bits per heavy atom. The van der Waals surface area contributed by atoms with Crippen molar-refractivity contribution in [3.63, 3.8) is 0 Å². The van der Waals surface area contributed by atoms with Crippen molar-refractivity contribution in [1.82, 2.24) is 18.8 Å². The van der Waals surface area contributed by atoms with Gasteiger partial charge in [-0.15, -0.1) is 12.4 Å². The molecular weight excluding hydrogens is 832 g/mol. The lowest BCUT2D eigenvalue weighted by Crippen LogP contribution is -2.51. The molecule has 4 aromatic rings. The molecule has 2 saturated heterocycles. The van der Waals surface area contributed by atoms with E-state index >= 15 is 0 Å². The van der Waals surface area contributed by atoms with Crippen LogP contribution in [0.15, 0.2) is 82.6 Å². The van der Waals surface area contributed by atoms with Crippen LogP contribution in [0.1, 0.15) is 43.0 Å². The number of amides is 1. The molecule has 4 aromatic carbocycles. The van der Waals surface area contributed by atoms with Gasteiger partial charge in [-0.1, -0.05) is 12.1 Å². The molecule has 2 aliphatic rings. The molecule has 0 aromatic heterocycles. The number of halogens is 1. The maximum absolute atomic E-state index is 13.6. The molecule has 328 valence electrons. The lowest BCUT2D eigenvalue weighted by Gasteiger charge is -2.35. The number of benzene rings is 4. The van der Waals surface area contributed by atoms with Gasteiger partial charge in [0, 0.05) is 64.5 Å². The SMILES string of the molecule is COc1ccc(Oc2cc(C)cc(C)c2)c(S(=O)(=O)N2CCN(C(=O)OC(C)(C)C)CC2)c1.COc1ccc(Oc2cc(C)cc(C)c2)c(S(=O)(=O)N2CCNCC2)c1.Cl. The fourth-order valence-electron chi connectivity index (χ4n) is 6.64. The van der Waals surface area contributed by atoms with Gasteiger partial charge in [0.25, 0.3) is 0 Å². The summed E-state index contributed by atoms with van der Waals surface area (Å²) in [7, 11) is -4.58. The smallest absolute Gasteiger partial charge is 0.410 e. The minimum Gasteiger partial charge on any atom is -0.497 e. The van der Waals surface area contributed by atoms with E-state index in [0.717, 1.165) is 22.3 Å². The Hall–Kier alpha value is -4.58. The van der Waals surface area contributed by atoms with Crippen molar-refractivity contribution in [2.24, 2.45) is 0 Å². The summed E-state index contributed by atoms with van der Waals surface area (Å²) < 4.78 is 84.2. The molecule has 0 atom stereocenters. The number of nitrogens with one attached hydrogen (secondary N) is 1. The highest BCUT2D eigenvalue weighted by atomic mass is 35.5. The number of nitrogens with zero attached hydrogens (tertiary/aromatic N) is 3. The van der Waals surface area contributed by atoms with Gasteiger partial charge in [-0.2, -0.15) is 8.61 Å². The Kier molecular flexibility index (Phi) is 16.3. The number of sulfonamides is 2. The van der Waals surface area contributed by atoms with E-state index in [1.807, 2.05) is 64.1 Å². The summed E-state index contributed by atoms with van der Waals surface area (Å²) in [5, 5.41) is 3.17. The van der Waals surface area contributed by atoms with E-state index in [-0.39, 0.29) is 54.1 Å². The number of carbonyl (C=O) groups excluding carboxylic acids is 1. The topological polar surface area (TPSA) is 153 Å². The molecule has 1 amide bonds. The van der Waals surface area contributed by atoms with Crippen LogP contribution >= 0.6 is 12.4 Å². The molecule has 2 heterocycles. The van der Waals surface area contributed by atoms with E-state index < -0.39 is 31.7 Å². The highest BCUT2D eigenvalue weighted by Gasteiger charge is 2.34. The fraction of sp³-hybridized carbons (Fsp3) is 0.419. The second kappa shape index (κ2) is 20.3. The lowest BCUT2D eigenvalue weighted by atomic mass is 10.1. The van der Waals surface area contributed by atoms with E-state index in [1.165, 1.54) is 39.9 Å². The largest absolute Gasteiger partial charge is 0.497 e. The average molecular weight is 890 g/mol. The zero-order valence-corrected chi connectivity index (χ0v) is 38.2. The number of carbonyl (C=O) groups is 1. The number of methoxy groups -OCH3 is 2. The van der Waals surface area contributed by atoms with E-state index in [2.05, 4.69) is 5.32 Å². The molecule has 1 N–H and O–H groups in total. The lowest BCUT2D eigenvalue weighted by molar-refractivity contribution is 0.0192. The summed E-state index contributed by atoms with van der Waals surface area (Å²) in [5.41, 5.74) is 3.53. The summed E-state index contributed by atoms with van der Waals surface area (Å²) in [6, 6.07) is 21.1. The monoisotopic (exact) mass is 888 g/mol. The van der Waals surface area contributed by atoms with E-state index in [0.29, 0.717) is 54.9 Å². The van der Waals surface area contributed by atoms with Crippen molar-refractivity contribution < 1.29 is 45.3 Å². The van der Waals surface area contributed by atoms with Crippen molar-refractivity contribution >= 4 is 38.5 Å². The molecule has 60 heavy (non-hydrogen) atoms. The van der Waals surface area contributed by atoms with Crippen LogP contribution in [-0.2, 0) is 24.8 Å². The third kappa shape index (κ3) is 12.5. The van der Waals surface area contributed by atoms with Gasteiger partial charge in [0.1, 0.15) is 49.9 Å². The Morgan fingerprint density at radius 2 is 0.950 bits per heavy atom. The van der Waals surface area contributed by atoms with Gasteiger partial charge >= 0.3 is 6.09 Å².